The summed E-state index contributed by atoms with van der Waals surface area (Å²) < 4.78 is 19.7. The van der Waals surface area contributed by atoms with Crippen molar-refractivity contribution in [2.45, 2.75) is 13.0 Å². The molecule has 106 valence electrons. The third kappa shape index (κ3) is 3.93. The van der Waals surface area contributed by atoms with Gasteiger partial charge in [-0.1, -0.05) is 6.92 Å². The van der Waals surface area contributed by atoms with Gasteiger partial charge in [-0.25, -0.2) is 4.39 Å². The average Bonchev–Trinajstić information content (AvgIpc) is 2.41. The Labute approximate surface area is 126 Å². The summed E-state index contributed by atoms with van der Waals surface area (Å²) >= 11 is 1.93. The Balaban J connectivity index is 1.93. The predicted octanol–water partition coefficient (Wildman–Crippen LogP) is 2.15. The molecule has 0 radical (unpaired) electrons. The van der Waals surface area contributed by atoms with Gasteiger partial charge >= 0.3 is 0 Å². The van der Waals surface area contributed by atoms with Crippen molar-refractivity contribution in [1.82, 2.24) is 4.90 Å². The minimum absolute atomic E-state index is 0.121. The minimum atomic E-state index is -0.253. The largest absolute Gasteiger partial charge is 0.397 e. The molecule has 4 nitrogen and oxygen atoms in total. The van der Waals surface area contributed by atoms with Crippen LogP contribution in [0.25, 0.3) is 0 Å². The maximum absolute atomic E-state index is 13.5. The van der Waals surface area contributed by atoms with Gasteiger partial charge in [-0.15, -0.1) is 0 Å². The zero-order chi connectivity index (χ0) is 13.8. The highest BCUT2D eigenvalue weighted by atomic mass is 127. The Kier molecular flexibility index (Phi) is 5.23. The Morgan fingerprint density at radius 3 is 3.11 bits per heavy atom. The van der Waals surface area contributed by atoms with Crippen LogP contribution in [0.4, 0.5) is 15.8 Å². The first-order chi connectivity index (χ1) is 9.10. The fourth-order valence-corrected chi connectivity index (χ4v) is 2.62. The van der Waals surface area contributed by atoms with Crippen LogP contribution in [0.3, 0.4) is 0 Å². The van der Waals surface area contributed by atoms with E-state index in [9.17, 15) is 4.39 Å². The van der Waals surface area contributed by atoms with Crippen LogP contribution in [0.5, 0.6) is 0 Å². The van der Waals surface area contributed by atoms with Gasteiger partial charge in [0.2, 0.25) is 0 Å². The fourth-order valence-electron chi connectivity index (χ4n) is 2.13. The lowest BCUT2D eigenvalue weighted by Gasteiger charge is -2.32. The van der Waals surface area contributed by atoms with Gasteiger partial charge in [-0.2, -0.15) is 0 Å². The van der Waals surface area contributed by atoms with Gasteiger partial charge in [-0.05, 0) is 35.2 Å². The smallest absolute Gasteiger partial charge is 0.138 e. The van der Waals surface area contributed by atoms with Gasteiger partial charge in [0.15, 0.2) is 0 Å². The second-order valence-electron chi connectivity index (χ2n) is 4.62. The summed E-state index contributed by atoms with van der Waals surface area (Å²) in [5.41, 5.74) is 7.07. The van der Waals surface area contributed by atoms with E-state index in [1.54, 1.807) is 6.07 Å². The molecule has 1 aromatic carbocycles. The van der Waals surface area contributed by atoms with Gasteiger partial charge in [0, 0.05) is 25.7 Å². The fraction of sp³-hybridized carbons (Fsp3) is 0.538. The van der Waals surface area contributed by atoms with Crippen LogP contribution in [0.1, 0.15) is 6.92 Å². The number of anilines is 2. The van der Waals surface area contributed by atoms with Crippen LogP contribution < -0.4 is 11.1 Å². The van der Waals surface area contributed by atoms with E-state index in [1.165, 1.54) is 6.07 Å². The van der Waals surface area contributed by atoms with E-state index in [0.29, 0.717) is 21.5 Å². The second kappa shape index (κ2) is 6.71. The van der Waals surface area contributed by atoms with Crippen LogP contribution in [-0.4, -0.2) is 43.8 Å². The zero-order valence-corrected chi connectivity index (χ0v) is 13.1. The second-order valence-corrected chi connectivity index (χ2v) is 5.78. The highest BCUT2D eigenvalue weighted by molar-refractivity contribution is 14.1. The Hall–Kier alpha value is -0.600. The van der Waals surface area contributed by atoms with Crippen molar-refractivity contribution in [3.63, 3.8) is 0 Å². The number of benzene rings is 1. The van der Waals surface area contributed by atoms with E-state index < -0.39 is 0 Å². The summed E-state index contributed by atoms with van der Waals surface area (Å²) in [7, 11) is 0. The predicted molar refractivity (Wildman–Crippen MR) is 83.9 cm³/mol. The first-order valence-electron chi connectivity index (χ1n) is 6.42. The SMILES string of the molecule is CCN1CCOC(CNc2cc(F)c(I)cc2N)C1. The van der Waals surface area contributed by atoms with Crippen LogP contribution in [-0.2, 0) is 4.74 Å². The zero-order valence-electron chi connectivity index (χ0n) is 11.0. The lowest BCUT2D eigenvalue weighted by Crippen LogP contribution is -2.45. The lowest BCUT2D eigenvalue weighted by atomic mass is 10.2. The first kappa shape index (κ1) is 14.8. The normalized spacial score (nSPS) is 20.5. The average molecular weight is 379 g/mol. The van der Waals surface area contributed by atoms with E-state index in [0.717, 1.165) is 26.2 Å². The number of nitrogens with zero attached hydrogens (tertiary/aromatic N) is 1. The van der Waals surface area contributed by atoms with Gasteiger partial charge in [0.1, 0.15) is 5.82 Å². The van der Waals surface area contributed by atoms with Crippen LogP contribution in [0.15, 0.2) is 12.1 Å². The topological polar surface area (TPSA) is 50.5 Å². The van der Waals surface area contributed by atoms with E-state index in [-0.39, 0.29) is 11.9 Å². The third-order valence-electron chi connectivity index (χ3n) is 3.28. The summed E-state index contributed by atoms with van der Waals surface area (Å²) in [5, 5.41) is 3.18. The molecule has 1 fully saturated rings. The Bertz CT molecular complexity index is 444. The molecule has 1 saturated heterocycles. The molecule has 1 unspecified atom stereocenters. The molecule has 2 rings (SSSR count). The molecular formula is C13H19FIN3O. The van der Waals surface area contributed by atoms with Crippen LogP contribution in [0, 0.1) is 9.39 Å². The number of nitrogen functional groups attached to an aromatic ring is 1. The monoisotopic (exact) mass is 379 g/mol. The molecule has 0 aliphatic carbocycles. The summed E-state index contributed by atoms with van der Waals surface area (Å²) in [6.45, 7) is 6.43. The van der Waals surface area contributed by atoms with Gasteiger partial charge in [0.25, 0.3) is 0 Å². The van der Waals surface area contributed by atoms with E-state index in [2.05, 4.69) is 17.1 Å². The molecule has 1 aliphatic rings. The van der Waals surface area contributed by atoms with E-state index in [1.807, 2.05) is 22.6 Å². The maximum atomic E-state index is 13.5. The first-order valence-corrected chi connectivity index (χ1v) is 7.50. The number of rotatable bonds is 4. The van der Waals surface area contributed by atoms with Crippen molar-refractivity contribution >= 4 is 34.0 Å². The molecule has 3 N–H and O–H groups in total. The number of nitrogens with one attached hydrogen (secondary N) is 1. The summed E-state index contributed by atoms with van der Waals surface area (Å²) in [4.78, 5) is 2.34. The molecule has 0 saturated carbocycles. The summed E-state index contributed by atoms with van der Waals surface area (Å²) in [5.74, 6) is -0.253. The van der Waals surface area contributed by atoms with Crippen LogP contribution >= 0.6 is 22.6 Å². The summed E-state index contributed by atoms with van der Waals surface area (Å²) in [6.07, 6.45) is 0.121. The number of likely N-dealkylation sites (N-methyl/N-ethyl adjacent to an activating group) is 1. The summed E-state index contributed by atoms with van der Waals surface area (Å²) in [6, 6.07) is 3.08. The van der Waals surface area contributed by atoms with Crippen molar-refractivity contribution in [1.29, 1.82) is 0 Å². The van der Waals surface area contributed by atoms with Crippen molar-refractivity contribution in [2.75, 3.05) is 43.8 Å². The molecule has 1 atom stereocenters. The molecule has 0 spiro atoms. The number of hydrogen-bond donors (Lipinski definition) is 2. The Morgan fingerprint density at radius 2 is 2.37 bits per heavy atom. The third-order valence-corrected chi connectivity index (χ3v) is 4.11. The number of morpholine rings is 1. The standard InChI is InChI=1S/C13H19FIN3O/c1-2-18-3-4-19-9(8-18)7-17-13-5-10(14)11(15)6-12(13)16/h5-6,9,17H,2-4,7-8,16H2,1H3. The van der Waals surface area contributed by atoms with Crippen LogP contribution in [0.2, 0.25) is 0 Å². The molecule has 1 aromatic rings. The van der Waals surface area contributed by atoms with Crippen molar-refractivity contribution in [2.24, 2.45) is 0 Å². The van der Waals surface area contributed by atoms with Crippen molar-refractivity contribution in [3.8, 4) is 0 Å². The van der Waals surface area contributed by atoms with Crippen molar-refractivity contribution in [3.05, 3.63) is 21.5 Å². The molecule has 0 bridgehead atoms. The number of ether oxygens (including phenoxy) is 1. The van der Waals surface area contributed by atoms with Gasteiger partial charge in [-0.3, -0.25) is 4.90 Å². The minimum Gasteiger partial charge on any atom is -0.397 e. The quantitative estimate of drug-likeness (QED) is 0.622. The molecule has 1 heterocycles. The highest BCUT2D eigenvalue weighted by Gasteiger charge is 2.19. The molecule has 6 heteroatoms. The van der Waals surface area contributed by atoms with E-state index >= 15 is 0 Å². The van der Waals surface area contributed by atoms with Gasteiger partial charge in [0.05, 0.1) is 27.7 Å². The molecule has 19 heavy (non-hydrogen) atoms. The number of nitrogens with two attached hydrogens (primary N) is 1. The molecular weight excluding hydrogens is 360 g/mol. The number of hydrogen-bond acceptors (Lipinski definition) is 4. The Morgan fingerprint density at radius 1 is 1.58 bits per heavy atom. The number of halogens is 2. The van der Waals surface area contributed by atoms with Gasteiger partial charge < -0.3 is 15.8 Å². The highest BCUT2D eigenvalue weighted by Crippen LogP contribution is 2.24. The lowest BCUT2D eigenvalue weighted by molar-refractivity contribution is -0.0191. The maximum Gasteiger partial charge on any atom is 0.138 e. The molecule has 0 aromatic heterocycles. The molecule has 0 amide bonds. The van der Waals surface area contributed by atoms with Crippen molar-refractivity contribution < 1.29 is 9.13 Å². The van der Waals surface area contributed by atoms with E-state index in [4.69, 9.17) is 10.5 Å². The molecule has 1 aliphatic heterocycles.